The number of carbonyl (C=O) groups excluding carboxylic acids is 1. The molecule has 2 N–H and O–H groups in total. The van der Waals surface area contributed by atoms with Crippen molar-refractivity contribution in [3.05, 3.63) is 22.7 Å². The normalized spacial score (nSPS) is 10.3. The van der Waals surface area contributed by atoms with Crippen LogP contribution in [0, 0.1) is 6.92 Å². The number of hydrogen-bond acceptors (Lipinski definition) is 1. The lowest BCUT2D eigenvalue weighted by molar-refractivity contribution is 0.100. The first-order chi connectivity index (χ1) is 4.22. The SMILES string of the molecule is Cc1cc[pH]c1C(N)=O. The number of aryl methyl sites for hydroxylation is 1. The van der Waals surface area contributed by atoms with Crippen molar-refractivity contribution in [3.63, 3.8) is 0 Å². The van der Waals surface area contributed by atoms with Gasteiger partial charge in [0.1, 0.15) is 0 Å². The van der Waals surface area contributed by atoms with Crippen LogP contribution in [0.4, 0.5) is 0 Å². The fourth-order valence-electron chi connectivity index (χ4n) is 0.713. The van der Waals surface area contributed by atoms with Crippen molar-refractivity contribution in [2.24, 2.45) is 5.73 Å². The van der Waals surface area contributed by atoms with Gasteiger partial charge in [0.15, 0.2) is 0 Å². The number of primary amides is 1. The number of carbonyl (C=O) groups is 1. The lowest BCUT2D eigenvalue weighted by atomic mass is 10.3. The molecule has 1 amide bonds. The molecule has 1 aromatic rings. The minimum Gasteiger partial charge on any atom is -0.365 e. The van der Waals surface area contributed by atoms with Gasteiger partial charge in [-0.1, -0.05) is 6.07 Å². The molecule has 0 fully saturated rings. The van der Waals surface area contributed by atoms with Gasteiger partial charge in [0, 0.05) is 0 Å². The summed E-state index contributed by atoms with van der Waals surface area (Å²) in [5.41, 5.74) is 6.07. The molecule has 1 heterocycles. The molecular formula is C6H8NOP. The van der Waals surface area contributed by atoms with Crippen molar-refractivity contribution >= 4 is 14.1 Å². The van der Waals surface area contributed by atoms with E-state index in [1.165, 1.54) is 0 Å². The van der Waals surface area contributed by atoms with E-state index in [0.29, 0.717) is 8.19 Å². The molecule has 0 saturated carbocycles. The Kier molecular flexibility index (Phi) is 1.58. The second kappa shape index (κ2) is 2.24. The third-order valence-corrected chi connectivity index (χ3v) is 2.46. The maximum absolute atomic E-state index is 10.5. The second-order valence-corrected chi connectivity index (χ2v) is 3.02. The fourth-order valence-corrected chi connectivity index (χ4v) is 1.67. The van der Waals surface area contributed by atoms with Crippen LogP contribution in [0.2, 0.25) is 0 Å². The van der Waals surface area contributed by atoms with Gasteiger partial charge in [0.05, 0.1) is 5.30 Å². The molecule has 9 heavy (non-hydrogen) atoms. The predicted molar refractivity (Wildman–Crippen MR) is 39.2 cm³/mol. The van der Waals surface area contributed by atoms with Crippen LogP contribution in [-0.2, 0) is 0 Å². The van der Waals surface area contributed by atoms with E-state index < -0.39 is 0 Å². The molecule has 0 aliphatic carbocycles. The van der Waals surface area contributed by atoms with E-state index in [1.54, 1.807) is 0 Å². The zero-order chi connectivity index (χ0) is 6.85. The molecule has 1 atom stereocenters. The Labute approximate surface area is 55.1 Å². The van der Waals surface area contributed by atoms with Crippen LogP contribution in [0.1, 0.15) is 15.7 Å². The van der Waals surface area contributed by atoms with Crippen LogP contribution in [0.15, 0.2) is 11.9 Å². The third kappa shape index (κ3) is 1.14. The van der Waals surface area contributed by atoms with Gasteiger partial charge in [-0.2, -0.15) is 0 Å². The molecule has 0 aromatic carbocycles. The zero-order valence-electron chi connectivity index (χ0n) is 5.14. The van der Waals surface area contributed by atoms with Crippen LogP contribution < -0.4 is 5.73 Å². The molecule has 1 rings (SSSR count). The highest BCUT2D eigenvalue weighted by Gasteiger charge is 2.02. The Morgan fingerprint density at radius 1 is 1.78 bits per heavy atom. The topological polar surface area (TPSA) is 43.1 Å². The number of nitrogens with two attached hydrogens (primary N) is 1. The Balaban J connectivity index is 3.08. The highest BCUT2D eigenvalue weighted by Crippen LogP contribution is 2.18. The minimum atomic E-state index is -0.282. The molecule has 0 aliphatic heterocycles. The summed E-state index contributed by atoms with van der Waals surface area (Å²) in [7, 11) is 0.485. The summed E-state index contributed by atoms with van der Waals surface area (Å²) in [6.07, 6.45) is 0. The molecule has 0 spiro atoms. The monoisotopic (exact) mass is 141 g/mol. The summed E-state index contributed by atoms with van der Waals surface area (Å²) < 4.78 is 0. The van der Waals surface area contributed by atoms with Gasteiger partial charge < -0.3 is 5.73 Å². The first-order valence-electron chi connectivity index (χ1n) is 2.65. The lowest BCUT2D eigenvalue weighted by Gasteiger charge is -1.88. The molecule has 0 bridgehead atoms. The summed E-state index contributed by atoms with van der Waals surface area (Å²) in [5, 5.41) is 0.773. The summed E-state index contributed by atoms with van der Waals surface area (Å²) >= 11 is 0. The van der Waals surface area contributed by atoms with Gasteiger partial charge in [-0.15, -0.1) is 8.19 Å². The van der Waals surface area contributed by atoms with E-state index in [-0.39, 0.29) is 5.91 Å². The maximum Gasteiger partial charge on any atom is 0.252 e. The van der Waals surface area contributed by atoms with Crippen LogP contribution in [0.3, 0.4) is 0 Å². The van der Waals surface area contributed by atoms with Crippen LogP contribution >= 0.6 is 8.19 Å². The summed E-state index contributed by atoms with van der Waals surface area (Å²) in [6, 6.07) is 1.93. The smallest absolute Gasteiger partial charge is 0.252 e. The zero-order valence-corrected chi connectivity index (χ0v) is 6.14. The summed E-state index contributed by atoms with van der Waals surface area (Å²) in [6.45, 7) is 1.90. The van der Waals surface area contributed by atoms with Crippen LogP contribution in [0.25, 0.3) is 0 Å². The van der Waals surface area contributed by atoms with Gasteiger partial charge in [0.2, 0.25) is 0 Å². The van der Waals surface area contributed by atoms with Crippen molar-refractivity contribution in [3.8, 4) is 0 Å². The van der Waals surface area contributed by atoms with Gasteiger partial charge in [-0.25, -0.2) is 0 Å². The van der Waals surface area contributed by atoms with Gasteiger partial charge in [-0.05, 0) is 18.3 Å². The van der Waals surface area contributed by atoms with Gasteiger partial charge in [0.25, 0.3) is 5.91 Å². The molecule has 48 valence electrons. The van der Waals surface area contributed by atoms with E-state index in [0.717, 1.165) is 10.9 Å². The molecule has 3 heteroatoms. The van der Waals surface area contributed by atoms with E-state index >= 15 is 0 Å². The average molecular weight is 141 g/mol. The molecular weight excluding hydrogens is 133 g/mol. The van der Waals surface area contributed by atoms with Crippen LogP contribution in [-0.4, -0.2) is 5.91 Å². The minimum absolute atomic E-state index is 0.282. The summed E-state index contributed by atoms with van der Waals surface area (Å²) in [5.74, 6) is 1.69. The van der Waals surface area contributed by atoms with Gasteiger partial charge >= 0.3 is 0 Å². The van der Waals surface area contributed by atoms with Crippen molar-refractivity contribution < 1.29 is 4.79 Å². The van der Waals surface area contributed by atoms with E-state index in [2.05, 4.69) is 0 Å². The second-order valence-electron chi connectivity index (χ2n) is 1.90. The first-order valence-corrected chi connectivity index (χ1v) is 3.73. The van der Waals surface area contributed by atoms with Gasteiger partial charge in [-0.3, -0.25) is 4.79 Å². The largest absolute Gasteiger partial charge is 0.365 e. The lowest BCUT2D eigenvalue weighted by Crippen LogP contribution is -2.09. The Bertz CT molecular complexity index is 229. The van der Waals surface area contributed by atoms with Crippen molar-refractivity contribution in [1.29, 1.82) is 0 Å². The Hall–Kier alpha value is -0.750. The summed E-state index contributed by atoms with van der Waals surface area (Å²) in [4.78, 5) is 10.5. The number of rotatable bonds is 1. The Morgan fingerprint density at radius 3 is 2.67 bits per heavy atom. The maximum atomic E-state index is 10.5. The molecule has 2 nitrogen and oxygen atoms in total. The van der Waals surface area contributed by atoms with Crippen LogP contribution in [0.5, 0.6) is 0 Å². The molecule has 0 aliphatic rings. The highest BCUT2D eigenvalue weighted by molar-refractivity contribution is 7.32. The highest BCUT2D eigenvalue weighted by atomic mass is 31.0. The van der Waals surface area contributed by atoms with E-state index in [9.17, 15) is 4.79 Å². The standard InChI is InChI=1S/C6H8NOP/c1-4-2-3-9-5(4)6(7)8/h2-3,9H,1H3,(H2,7,8). The molecule has 0 saturated heterocycles. The first kappa shape index (κ1) is 6.37. The number of hydrogen-bond donors (Lipinski definition) is 1. The predicted octanol–water partition coefficient (Wildman–Crippen LogP) is 1.13. The number of amides is 1. The third-order valence-electron chi connectivity index (χ3n) is 1.20. The van der Waals surface area contributed by atoms with E-state index in [1.807, 2.05) is 18.8 Å². The molecule has 1 unspecified atom stereocenters. The molecule has 0 radical (unpaired) electrons. The quantitative estimate of drug-likeness (QED) is 0.625. The fraction of sp³-hybridized carbons (Fsp3) is 0.167. The van der Waals surface area contributed by atoms with Crippen molar-refractivity contribution in [1.82, 2.24) is 0 Å². The van der Waals surface area contributed by atoms with Crippen molar-refractivity contribution in [2.75, 3.05) is 0 Å². The van der Waals surface area contributed by atoms with Crippen molar-refractivity contribution in [2.45, 2.75) is 6.92 Å². The Morgan fingerprint density at radius 2 is 2.44 bits per heavy atom. The molecule has 1 aromatic heterocycles. The van der Waals surface area contributed by atoms with E-state index in [4.69, 9.17) is 5.73 Å². The average Bonchev–Trinajstić information content (AvgIpc) is 2.13.